The van der Waals surface area contributed by atoms with Gasteiger partial charge in [-0.1, -0.05) is 0 Å². The van der Waals surface area contributed by atoms with Gasteiger partial charge in [-0.25, -0.2) is 13.4 Å². The van der Waals surface area contributed by atoms with Crippen molar-refractivity contribution in [2.45, 2.75) is 23.5 Å². The van der Waals surface area contributed by atoms with E-state index in [1.807, 2.05) is 0 Å². The van der Waals surface area contributed by atoms with Crippen LogP contribution in [-0.4, -0.2) is 55.8 Å². The molecule has 1 spiro atoms. The number of piperidine rings is 1. The summed E-state index contributed by atoms with van der Waals surface area (Å²) in [7, 11) is -1.27. The third-order valence-electron chi connectivity index (χ3n) is 5.26. The second kappa shape index (κ2) is 5.94. The van der Waals surface area contributed by atoms with E-state index in [9.17, 15) is 8.42 Å². The van der Waals surface area contributed by atoms with Crippen molar-refractivity contribution in [3.63, 3.8) is 0 Å². The van der Waals surface area contributed by atoms with E-state index in [2.05, 4.69) is 16.9 Å². The monoisotopic (exact) mass is 367 g/mol. The molecule has 6 nitrogen and oxygen atoms in total. The van der Waals surface area contributed by atoms with Crippen molar-refractivity contribution in [3.05, 3.63) is 24.7 Å². The Balaban J connectivity index is 1.50. The van der Waals surface area contributed by atoms with E-state index in [-0.39, 0.29) is 0 Å². The van der Waals surface area contributed by atoms with Gasteiger partial charge >= 0.3 is 0 Å². The summed E-state index contributed by atoms with van der Waals surface area (Å²) in [5.74, 6) is 0.605. The minimum atomic E-state index is -3.42. The van der Waals surface area contributed by atoms with Gasteiger partial charge in [0.1, 0.15) is 4.21 Å². The molecule has 0 N–H and O–H groups in total. The van der Waals surface area contributed by atoms with Crippen molar-refractivity contribution in [3.8, 4) is 10.6 Å². The molecule has 2 aliphatic rings. The summed E-state index contributed by atoms with van der Waals surface area (Å²) in [4.78, 5) is 7.03. The number of rotatable bonds is 3. The number of thiophene rings is 1. The number of sulfonamides is 1. The van der Waals surface area contributed by atoms with Crippen molar-refractivity contribution in [2.24, 2.45) is 5.41 Å². The largest absolute Gasteiger partial charge is 0.443 e. The molecule has 0 unspecified atom stereocenters. The SMILES string of the molecule is CN1CCC2(CCN(S(=O)(=O)c3ccc(-c4cnco4)s3)CC2)C1. The van der Waals surface area contributed by atoms with Gasteiger partial charge in [0.2, 0.25) is 0 Å². The maximum atomic E-state index is 12.9. The van der Waals surface area contributed by atoms with Crippen LogP contribution < -0.4 is 0 Å². The Morgan fingerprint density at radius 2 is 1.96 bits per heavy atom. The van der Waals surface area contributed by atoms with E-state index in [1.165, 1.54) is 24.2 Å². The maximum Gasteiger partial charge on any atom is 0.252 e. The number of likely N-dealkylation sites (tertiary alicyclic amines) is 1. The Morgan fingerprint density at radius 3 is 2.58 bits per heavy atom. The van der Waals surface area contributed by atoms with Gasteiger partial charge in [-0.15, -0.1) is 11.3 Å². The lowest BCUT2D eigenvalue weighted by molar-refractivity contribution is 0.161. The molecule has 8 heteroatoms. The summed E-state index contributed by atoms with van der Waals surface area (Å²) in [6, 6.07) is 3.46. The third kappa shape index (κ3) is 2.81. The third-order valence-corrected chi connectivity index (χ3v) is 8.73. The molecule has 0 atom stereocenters. The topological polar surface area (TPSA) is 66.7 Å². The fourth-order valence-corrected chi connectivity index (χ4v) is 6.68. The first-order chi connectivity index (χ1) is 11.5. The summed E-state index contributed by atoms with van der Waals surface area (Å²) in [6.07, 6.45) is 6.05. The predicted molar refractivity (Wildman–Crippen MR) is 92.4 cm³/mol. The molecule has 0 bridgehead atoms. The number of hydrogen-bond donors (Lipinski definition) is 0. The van der Waals surface area contributed by atoms with Crippen molar-refractivity contribution < 1.29 is 12.8 Å². The minimum absolute atomic E-state index is 0.321. The average Bonchev–Trinajstić information content (AvgIpc) is 3.28. The van der Waals surface area contributed by atoms with Crippen LogP contribution in [0.3, 0.4) is 0 Å². The Morgan fingerprint density at radius 1 is 1.21 bits per heavy atom. The van der Waals surface area contributed by atoms with Crippen LogP contribution in [0.2, 0.25) is 0 Å². The van der Waals surface area contributed by atoms with Gasteiger partial charge in [0, 0.05) is 19.6 Å². The Hall–Kier alpha value is -1.22. The second-order valence-corrected chi connectivity index (χ2v) is 10.1. The summed E-state index contributed by atoms with van der Waals surface area (Å²) in [5, 5.41) is 0. The van der Waals surface area contributed by atoms with E-state index in [0.29, 0.717) is 28.5 Å². The number of aromatic nitrogens is 1. The van der Waals surface area contributed by atoms with Crippen molar-refractivity contribution in [1.29, 1.82) is 0 Å². The number of oxazole rings is 1. The van der Waals surface area contributed by atoms with Gasteiger partial charge in [-0.2, -0.15) is 4.31 Å². The highest BCUT2D eigenvalue weighted by atomic mass is 32.2. The Labute approximate surface area is 146 Å². The fraction of sp³-hybridized carbons (Fsp3) is 0.562. The molecule has 0 aliphatic carbocycles. The summed E-state index contributed by atoms with van der Waals surface area (Å²) in [5.41, 5.74) is 0.321. The Bertz CT molecular complexity index is 806. The molecule has 24 heavy (non-hydrogen) atoms. The summed E-state index contributed by atoms with van der Waals surface area (Å²) < 4.78 is 33.1. The molecule has 2 saturated heterocycles. The molecule has 2 aromatic rings. The van der Waals surface area contributed by atoms with E-state index >= 15 is 0 Å². The number of hydrogen-bond acceptors (Lipinski definition) is 6. The Kier molecular flexibility index (Phi) is 4.03. The fourth-order valence-electron chi connectivity index (χ4n) is 3.82. The first-order valence-corrected chi connectivity index (χ1v) is 10.4. The highest BCUT2D eigenvalue weighted by Gasteiger charge is 2.42. The van der Waals surface area contributed by atoms with Gasteiger partial charge in [0.15, 0.2) is 12.2 Å². The van der Waals surface area contributed by atoms with Crippen molar-refractivity contribution >= 4 is 21.4 Å². The standard InChI is InChI=1S/C16H21N3O3S2/c1-18-7-4-16(11-18)5-8-19(9-6-16)24(20,21)15-3-2-14(23-15)13-10-17-12-22-13/h2-3,10,12H,4-9,11H2,1H3. The number of nitrogens with zero attached hydrogens (tertiary/aromatic N) is 3. The quantitative estimate of drug-likeness (QED) is 0.834. The normalized spacial score (nSPS) is 22.4. The molecule has 0 amide bonds. The molecule has 2 aromatic heterocycles. The maximum absolute atomic E-state index is 12.9. The van der Waals surface area contributed by atoms with Gasteiger partial charge in [-0.05, 0) is 50.4 Å². The van der Waals surface area contributed by atoms with Crippen LogP contribution in [0.5, 0.6) is 0 Å². The minimum Gasteiger partial charge on any atom is -0.443 e. The van der Waals surface area contributed by atoms with Crippen LogP contribution in [0.25, 0.3) is 10.6 Å². The highest BCUT2D eigenvalue weighted by Crippen LogP contribution is 2.41. The lowest BCUT2D eigenvalue weighted by atomic mass is 9.78. The van der Waals surface area contributed by atoms with E-state index in [0.717, 1.165) is 30.8 Å². The van der Waals surface area contributed by atoms with Crippen LogP contribution >= 0.6 is 11.3 Å². The molecular weight excluding hydrogens is 346 g/mol. The van der Waals surface area contributed by atoms with Gasteiger partial charge in [-0.3, -0.25) is 0 Å². The summed E-state index contributed by atoms with van der Waals surface area (Å²) in [6.45, 7) is 3.45. The molecule has 0 radical (unpaired) electrons. The van der Waals surface area contributed by atoms with Crippen LogP contribution in [0.1, 0.15) is 19.3 Å². The van der Waals surface area contributed by atoms with Crippen molar-refractivity contribution in [1.82, 2.24) is 14.2 Å². The smallest absolute Gasteiger partial charge is 0.252 e. The zero-order valence-corrected chi connectivity index (χ0v) is 15.3. The first kappa shape index (κ1) is 16.3. The molecule has 4 heterocycles. The molecule has 0 saturated carbocycles. The van der Waals surface area contributed by atoms with Gasteiger partial charge < -0.3 is 9.32 Å². The second-order valence-electron chi connectivity index (χ2n) is 6.88. The molecule has 2 aliphatic heterocycles. The first-order valence-electron chi connectivity index (χ1n) is 8.16. The average molecular weight is 367 g/mol. The molecule has 2 fully saturated rings. The van der Waals surface area contributed by atoms with Crippen molar-refractivity contribution in [2.75, 3.05) is 33.2 Å². The summed E-state index contributed by atoms with van der Waals surface area (Å²) >= 11 is 1.24. The lowest BCUT2D eigenvalue weighted by Gasteiger charge is -2.38. The van der Waals surface area contributed by atoms with Crippen LogP contribution in [0.15, 0.2) is 33.3 Å². The van der Waals surface area contributed by atoms with Crippen LogP contribution in [0, 0.1) is 5.41 Å². The molecule has 4 rings (SSSR count). The van der Waals surface area contributed by atoms with E-state index in [4.69, 9.17) is 4.42 Å². The van der Waals surface area contributed by atoms with E-state index in [1.54, 1.807) is 22.6 Å². The zero-order valence-electron chi connectivity index (χ0n) is 13.6. The highest BCUT2D eigenvalue weighted by molar-refractivity contribution is 7.91. The zero-order chi connectivity index (χ0) is 16.8. The van der Waals surface area contributed by atoms with Gasteiger partial charge in [0.05, 0.1) is 11.1 Å². The molecular formula is C16H21N3O3S2. The molecule has 130 valence electrons. The van der Waals surface area contributed by atoms with E-state index < -0.39 is 10.0 Å². The predicted octanol–water partition coefficient (Wildman–Crippen LogP) is 2.51. The van der Waals surface area contributed by atoms with Crippen LogP contribution in [-0.2, 0) is 10.0 Å². The van der Waals surface area contributed by atoms with Crippen LogP contribution in [0.4, 0.5) is 0 Å². The molecule has 0 aromatic carbocycles. The van der Waals surface area contributed by atoms with Gasteiger partial charge in [0.25, 0.3) is 10.0 Å². The lowest BCUT2D eigenvalue weighted by Crippen LogP contribution is -2.43.